The maximum Gasteiger partial charge on any atom is 0.280 e. The van der Waals surface area contributed by atoms with Crippen LogP contribution in [0, 0.1) is 5.82 Å². The monoisotopic (exact) mass is 429 g/mol. The average Bonchev–Trinajstić information content (AvgIpc) is 3.25. The molecule has 1 aliphatic carbocycles. The van der Waals surface area contributed by atoms with E-state index in [2.05, 4.69) is 15.4 Å². The van der Waals surface area contributed by atoms with Crippen LogP contribution in [0.4, 0.5) is 13.2 Å². The number of fused-ring (bicyclic) bond motifs is 1. The van der Waals surface area contributed by atoms with Gasteiger partial charge in [-0.3, -0.25) is 4.79 Å². The first-order chi connectivity index (χ1) is 13.3. The van der Waals surface area contributed by atoms with Gasteiger partial charge in [0.1, 0.15) is 6.04 Å². The number of nitrogens with two attached hydrogens (primary N) is 1. The van der Waals surface area contributed by atoms with Gasteiger partial charge >= 0.3 is 0 Å². The first kappa shape index (κ1) is 19.2. The molecule has 3 N–H and O–H groups in total. The van der Waals surface area contributed by atoms with Crippen molar-refractivity contribution in [3.05, 3.63) is 39.7 Å². The van der Waals surface area contributed by atoms with Crippen molar-refractivity contribution < 1.29 is 18.0 Å². The zero-order valence-corrected chi connectivity index (χ0v) is 15.9. The highest BCUT2D eigenvalue weighted by atomic mass is 35.5. The molecule has 0 saturated heterocycles. The summed E-state index contributed by atoms with van der Waals surface area (Å²) in [6, 6.07) is -0.844. The van der Waals surface area contributed by atoms with Crippen LogP contribution in [0.25, 0.3) is 16.8 Å². The Morgan fingerprint density at radius 1 is 1.46 bits per heavy atom. The highest BCUT2D eigenvalue weighted by Crippen LogP contribution is 2.33. The summed E-state index contributed by atoms with van der Waals surface area (Å²) in [6.45, 7) is 0. The lowest BCUT2D eigenvalue weighted by molar-refractivity contribution is -0.0674. The quantitative estimate of drug-likeness (QED) is 0.667. The van der Waals surface area contributed by atoms with Crippen molar-refractivity contribution in [2.45, 2.75) is 37.3 Å². The largest absolute Gasteiger partial charge is 0.340 e. The van der Waals surface area contributed by atoms with Crippen molar-refractivity contribution >= 4 is 34.4 Å². The van der Waals surface area contributed by atoms with E-state index in [1.54, 1.807) is 5.38 Å². The second-order valence-electron chi connectivity index (χ2n) is 6.66. The molecule has 6 nitrogen and oxygen atoms in total. The maximum absolute atomic E-state index is 14.1. The van der Waals surface area contributed by atoms with Gasteiger partial charge in [-0.2, -0.15) is 5.10 Å². The van der Waals surface area contributed by atoms with Gasteiger partial charge in [-0.25, -0.2) is 22.7 Å². The fourth-order valence-electron chi connectivity index (χ4n) is 3.30. The smallest absolute Gasteiger partial charge is 0.280 e. The highest BCUT2D eigenvalue weighted by Gasteiger charge is 2.46. The lowest BCUT2D eigenvalue weighted by Crippen LogP contribution is -2.59. The van der Waals surface area contributed by atoms with Gasteiger partial charge in [0.05, 0.1) is 28.6 Å². The van der Waals surface area contributed by atoms with Gasteiger partial charge in [0.15, 0.2) is 10.8 Å². The molecule has 3 aromatic rings. The molecule has 1 aliphatic rings. The molecule has 0 bridgehead atoms. The third-order valence-corrected chi connectivity index (χ3v) is 5.88. The molecule has 0 radical (unpaired) electrons. The summed E-state index contributed by atoms with van der Waals surface area (Å²) in [5.41, 5.74) is 7.24. The van der Waals surface area contributed by atoms with Gasteiger partial charge in [-0.15, -0.1) is 11.3 Å². The zero-order chi connectivity index (χ0) is 20.1. The van der Waals surface area contributed by atoms with Crippen molar-refractivity contribution in [2.24, 2.45) is 5.73 Å². The molecule has 0 aliphatic heterocycles. The fraction of sp³-hybridized carbons (Fsp3) is 0.353. The molecule has 148 valence electrons. The lowest BCUT2D eigenvalue weighted by atomic mass is 9.87. The summed E-state index contributed by atoms with van der Waals surface area (Å²) in [5, 5.41) is 7.92. The summed E-state index contributed by atoms with van der Waals surface area (Å²) in [6.07, 6.45) is 3.03. The number of hydrogen-bond donors (Lipinski definition) is 2. The van der Waals surface area contributed by atoms with Gasteiger partial charge in [-0.05, 0) is 18.9 Å². The third kappa shape index (κ3) is 3.36. The number of aromatic nitrogens is 3. The summed E-state index contributed by atoms with van der Waals surface area (Å²) in [7, 11) is 0. The number of nitrogens with one attached hydrogen (secondary N) is 1. The number of alkyl halides is 2. The lowest BCUT2D eigenvalue weighted by Gasteiger charge is -2.36. The zero-order valence-electron chi connectivity index (χ0n) is 14.3. The summed E-state index contributed by atoms with van der Waals surface area (Å²) in [5.74, 6) is -4.39. The van der Waals surface area contributed by atoms with E-state index in [0.29, 0.717) is 29.6 Å². The minimum atomic E-state index is -3.06. The summed E-state index contributed by atoms with van der Waals surface area (Å²) >= 11 is 6.84. The predicted molar refractivity (Wildman–Crippen MR) is 99.3 cm³/mol. The molecule has 2 atom stereocenters. The molecular formula is C17H15ClF3N5OS. The molecule has 3 aromatic heterocycles. The molecule has 4 rings (SSSR count). The predicted octanol–water partition coefficient (Wildman–Crippen LogP) is 3.50. The maximum atomic E-state index is 14.1. The number of amides is 1. The van der Waals surface area contributed by atoms with E-state index in [9.17, 15) is 18.0 Å². The van der Waals surface area contributed by atoms with Crippen molar-refractivity contribution in [2.75, 3.05) is 0 Å². The molecule has 1 fully saturated rings. The van der Waals surface area contributed by atoms with Crippen molar-refractivity contribution in [1.82, 2.24) is 19.9 Å². The molecule has 0 spiro atoms. The van der Waals surface area contributed by atoms with Crippen molar-refractivity contribution in [3.63, 3.8) is 0 Å². The van der Waals surface area contributed by atoms with Crippen molar-refractivity contribution in [3.8, 4) is 11.3 Å². The van der Waals surface area contributed by atoms with Gasteiger partial charge in [0.25, 0.3) is 11.8 Å². The topological polar surface area (TPSA) is 85.3 Å². The van der Waals surface area contributed by atoms with E-state index < -0.39 is 29.7 Å². The molecule has 1 saturated carbocycles. The first-order valence-corrected chi connectivity index (χ1v) is 9.74. The Balaban J connectivity index is 1.59. The Hall–Kier alpha value is -2.17. The Morgan fingerprint density at radius 2 is 2.25 bits per heavy atom. The van der Waals surface area contributed by atoms with Crippen LogP contribution in [-0.2, 0) is 0 Å². The van der Waals surface area contributed by atoms with E-state index in [1.165, 1.54) is 16.8 Å². The SMILES string of the molecule is NC1CCCC(F)(F)[C@@H]1NC(=O)c1nc(-c2cnn3cc(F)c(Cl)cc23)cs1. The summed E-state index contributed by atoms with van der Waals surface area (Å²) in [4.78, 5) is 16.7. The number of hydrogen-bond acceptors (Lipinski definition) is 5. The summed E-state index contributed by atoms with van der Waals surface area (Å²) < 4.78 is 43.1. The van der Waals surface area contributed by atoms with E-state index in [-0.39, 0.29) is 16.5 Å². The molecule has 1 unspecified atom stereocenters. The van der Waals surface area contributed by atoms with Crippen LogP contribution in [0.2, 0.25) is 5.02 Å². The number of nitrogens with zero attached hydrogens (tertiary/aromatic N) is 3. The van der Waals surface area contributed by atoms with Gasteiger partial charge < -0.3 is 11.1 Å². The van der Waals surface area contributed by atoms with Crippen LogP contribution >= 0.6 is 22.9 Å². The number of pyridine rings is 1. The average molecular weight is 430 g/mol. The van der Waals surface area contributed by atoms with Crippen LogP contribution in [0.3, 0.4) is 0 Å². The molecular weight excluding hydrogens is 415 g/mol. The second kappa shape index (κ2) is 7.02. The van der Waals surface area contributed by atoms with Crippen LogP contribution in [0.15, 0.2) is 23.8 Å². The number of carbonyl (C=O) groups is 1. The fourth-order valence-corrected chi connectivity index (χ4v) is 4.17. The van der Waals surface area contributed by atoms with E-state index in [4.69, 9.17) is 17.3 Å². The third-order valence-electron chi connectivity index (χ3n) is 4.75. The second-order valence-corrected chi connectivity index (χ2v) is 7.93. The molecule has 28 heavy (non-hydrogen) atoms. The molecule has 3 heterocycles. The van der Waals surface area contributed by atoms with Gasteiger partial charge in [-0.1, -0.05) is 11.6 Å². The Bertz CT molecular complexity index is 1050. The van der Waals surface area contributed by atoms with Crippen LogP contribution in [-0.4, -0.2) is 38.5 Å². The highest BCUT2D eigenvalue weighted by molar-refractivity contribution is 7.12. The minimum Gasteiger partial charge on any atom is -0.340 e. The number of rotatable bonds is 3. The van der Waals surface area contributed by atoms with Crippen molar-refractivity contribution in [1.29, 1.82) is 0 Å². The van der Waals surface area contributed by atoms with E-state index >= 15 is 0 Å². The van der Waals surface area contributed by atoms with E-state index in [0.717, 1.165) is 17.5 Å². The normalized spacial score (nSPS) is 21.8. The Labute approximate surface area is 166 Å². The molecule has 1 amide bonds. The number of thiazole rings is 1. The molecule has 11 heteroatoms. The standard InChI is InChI=1S/C17H15ClF3N5OS/c18-9-4-13-8(5-23-26(13)6-10(9)19)12-7-28-16(24-12)15(27)25-14-11(22)2-1-3-17(14,20)21/h4-7,11,14H,1-3,22H2,(H,25,27)/t11?,14-/m1/s1. The van der Waals surface area contributed by atoms with Gasteiger partial charge in [0, 0.05) is 23.4 Å². The Morgan fingerprint density at radius 3 is 3.00 bits per heavy atom. The van der Waals surface area contributed by atoms with Crippen LogP contribution in [0.5, 0.6) is 0 Å². The van der Waals surface area contributed by atoms with Gasteiger partial charge in [0.2, 0.25) is 0 Å². The first-order valence-electron chi connectivity index (χ1n) is 8.49. The molecule has 0 aromatic carbocycles. The Kier molecular flexibility index (Phi) is 4.80. The number of halogens is 4. The van der Waals surface area contributed by atoms with Crippen LogP contribution < -0.4 is 11.1 Å². The van der Waals surface area contributed by atoms with E-state index in [1.807, 2.05) is 0 Å². The van der Waals surface area contributed by atoms with Crippen LogP contribution in [0.1, 0.15) is 29.1 Å². The number of carbonyl (C=O) groups excluding carboxylic acids is 1. The minimum absolute atomic E-state index is 0.0242.